The van der Waals surface area contributed by atoms with Gasteiger partial charge >= 0.3 is 0 Å². The molecule has 5 heteroatoms. The Morgan fingerprint density at radius 1 is 0.947 bits per heavy atom. The molecule has 0 aromatic heterocycles. The van der Waals surface area contributed by atoms with Gasteiger partial charge in [-0.25, -0.2) is 0 Å². The van der Waals surface area contributed by atoms with Gasteiger partial charge in [0.05, 0.1) is 5.56 Å². The van der Waals surface area contributed by atoms with Crippen LogP contribution in [0.15, 0.2) is 42.5 Å². The molecule has 0 spiro atoms. The second kappa shape index (κ2) is 4.20. The molecule has 0 saturated carbocycles. The molecule has 0 bridgehead atoms. The highest BCUT2D eigenvalue weighted by Crippen LogP contribution is 2.31. The van der Waals surface area contributed by atoms with Gasteiger partial charge in [0.1, 0.15) is 6.17 Å². The number of phenolic OH excluding ortho intramolecular Hbond substituents is 2. The van der Waals surface area contributed by atoms with Gasteiger partial charge in [0.15, 0.2) is 11.5 Å². The van der Waals surface area contributed by atoms with Crippen LogP contribution in [0.5, 0.6) is 11.5 Å². The van der Waals surface area contributed by atoms with E-state index in [2.05, 4.69) is 10.6 Å². The average Bonchev–Trinajstić information content (AvgIpc) is 2.42. The van der Waals surface area contributed by atoms with Crippen molar-refractivity contribution in [1.82, 2.24) is 5.32 Å². The Kier molecular flexibility index (Phi) is 2.52. The number of anilines is 1. The zero-order chi connectivity index (χ0) is 13.4. The first kappa shape index (κ1) is 11.4. The molecule has 0 saturated heterocycles. The van der Waals surface area contributed by atoms with Crippen LogP contribution in [-0.4, -0.2) is 16.1 Å². The molecule has 4 N–H and O–H groups in total. The lowest BCUT2D eigenvalue weighted by Gasteiger charge is -2.28. The maximum absolute atomic E-state index is 12.0. The molecular formula is C14H12N2O3. The summed E-state index contributed by atoms with van der Waals surface area (Å²) < 4.78 is 0. The van der Waals surface area contributed by atoms with Crippen LogP contribution in [0.25, 0.3) is 0 Å². The highest BCUT2D eigenvalue weighted by molar-refractivity contribution is 6.01. The first-order chi connectivity index (χ1) is 9.15. The molecule has 96 valence electrons. The van der Waals surface area contributed by atoms with Crippen LogP contribution in [0.3, 0.4) is 0 Å². The zero-order valence-electron chi connectivity index (χ0n) is 9.92. The number of benzene rings is 2. The molecule has 0 unspecified atom stereocenters. The van der Waals surface area contributed by atoms with E-state index >= 15 is 0 Å². The summed E-state index contributed by atoms with van der Waals surface area (Å²) >= 11 is 0. The predicted molar refractivity (Wildman–Crippen MR) is 70.0 cm³/mol. The second-order valence-corrected chi connectivity index (χ2v) is 4.34. The number of phenols is 2. The van der Waals surface area contributed by atoms with E-state index in [9.17, 15) is 15.0 Å². The van der Waals surface area contributed by atoms with Crippen LogP contribution in [0.2, 0.25) is 0 Å². The van der Waals surface area contributed by atoms with Crippen molar-refractivity contribution in [3.63, 3.8) is 0 Å². The van der Waals surface area contributed by atoms with Gasteiger partial charge in [-0.15, -0.1) is 0 Å². The third-order valence-electron chi connectivity index (χ3n) is 3.08. The van der Waals surface area contributed by atoms with Crippen molar-refractivity contribution in [3.8, 4) is 11.5 Å². The Bertz CT molecular complexity index is 655. The van der Waals surface area contributed by atoms with E-state index in [-0.39, 0.29) is 17.4 Å². The van der Waals surface area contributed by atoms with Crippen LogP contribution in [-0.2, 0) is 0 Å². The Morgan fingerprint density at radius 2 is 1.74 bits per heavy atom. The van der Waals surface area contributed by atoms with E-state index in [4.69, 9.17) is 0 Å². The van der Waals surface area contributed by atoms with Gasteiger partial charge < -0.3 is 20.8 Å². The molecule has 3 rings (SSSR count). The zero-order valence-corrected chi connectivity index (χ0v) is 9.92. The highest BCUT2D eigenvalue weighted by Gasteiger charge is 2.24. The summed E-state index contributed by atoms with van der Waals surface area (Å²) in [6.45, 7) is 0. The van der Waals surface area contributed by atoms with Crippen LogP contribution in [0, 0.1) is 0 Å². The molecule has 1 aliphatic rings. The van der Waals surface area contributed by atoms with Gasteiger partial charge in [-0.2, -0.15) is 0 Å². The fraction of sp³-hybridized carbons (Fsp3) is 0.0714. The molecule has 0 fully saturated rings. The third-order valence-corrected chi connectivity index (χ3v) is 3.08. The quantitative estimate of drug-likeness (QED) is 0.588. The van der Waals surface area contributed by atoms with Crippen molar-refractivity contribution in [1.29, 1.82) is 0 Å². The van der Waals surface area contributed by atoms with Gasteiger partial charge in [-0.1, -0.05) is 18.2 Å². The summed E-state index contributed by atoms with van der Waals surface area (Å²) in [5.74, 6) is -0.578. The SMILES string of the molecule is O=C1N[C@@H](c2ccc(O)c(O)c2)Nc2ccccc21. The fourth-order valence-corrected chi connectivity index (χ4v) is 2.09. The Labute approximate surface area is 109 Å². The van der Waals surface area contributed by atoms with E-state index < -0.39 is 6.17 Å². The topological polar surface area (TPSA) is 81.6 Å². The standard InChI is InChI=1S/C14H12N2O3/c17-11-6-5-8(7-12(11)18)13-15-10-4-2-1-3-9(10)14(19)16-13/h1-7,13,15,17-18H,(H,16,19)/t13-/m0/s1. The van der Waals surface area contributed by atoms with Gasteiger partial charge in [0, 0.05) is 5.69 Å². The van der Waals surface area contributed by atoms with E-state index in [0.29, 0.717) is 11.1 Å². The number of fused-ring (bicyclic) bond motifs is 1. The Morgan fingerprint density at radius 3 is 2.53 bits per heavy atom. The number of nitrogens with one attached hydrogen (secondary N) is 2. The summed E-state index contributed by atoms with van der Waals surface area (Å²) in [6, 6.07) is 11.6. The van der Waals surface area contributed by atoms with Crippen molar-refractivity contribution in [2.75, 3.05) is 5.32 Å². The summed E-state index contributed by atoms with van der Waals surface area (Å²) in [5.41, 5.74) is 1.99. The third kappa shape index (κ3) is 1.95. The van der Waals surface area contributed by atoms with Crippen LogP contribution >= 0.6 is 0 Å². The largest absolute Gasteiger partial charge is 0.504 e. The van der Waals surface area contributed by atoms with Crippen molar-refractivity contribution in [2.45, 2.75) is 6.17 Å². The van der Waals surface area contributed by atoms with Gasteiger partial charge in [0.2, 0.25) is 0 Å². The number of aromatic hydroxyl groups is 2. The van der Waals surface area contributed by atoms with E-state index in [1.54, 1.807) is 18.2 Å². The molecular weight excluding hydrogens is 244 g/mol. The number of para-hydroxylation sites is 1. The number of hydrogen-bond donors (Lipinski definition) is 4. The minimum atomic E-state index is -0.436. The fourth-order valence-electron chi connectivity index (χ4n) is 2.09. The Hall–Kier alpha value is -2.69. The number of carbonyl (C=O) groups is 1. The van der Waals surface area contributed by atoms with Gasteiger partial charge in [0.25, 0.3) is 5.91 Å². The number of amides is 1. The summed E-state index contributed by atoms with van der Waals surface area (Å²) in [7, 11) is 0. The summed E-state index contributed by atoms with van der Waals surface area (Å²) in [4.78, 5) is 12.0. The molecule has 2 aromatic rings. The lowest BCUT2D eigenvalue weighted by Crippen LogP contribution is -2.38. The lowest BCUT2D eigenvalue weighted by molar-refractivity contribution is 0.0935. The molecule has 1 amide bonds. The highest BCUT2D eigenvalue weighted by atomic mass is 16.3. The van der Waals surface area contributed by atoms with Crippen LogP contribution in [0.4, 0.5) is 5.69 Å². The van der Waals surface area contributed by atoms with Crippen LogP contribution in [0.1, 0.15) is 22.1 Å². The minimum Gasteiger partial charge on any atom is -0.504 e. The predicted octanol–water partition coefficient (Wildman–Crippen LogP) is 1.95. The second-order valence-electron chi connectivity index (χ2n) is 4.34. The molecule has 2 aromatic carbocycles. The number of hydrogen-bond acceptors (Lipinski definition) is 4. The maximum atomic E-state index is 12.0. The van der Waals surface area contributed by atoms with Crippen molar-refractivity contribution in [2.24, 2.45) is 0 Å². The van der Waals surface area contributed by atoms with Gasteiger partial charge in [-0.05, 0) is 29.8 Å². The average molecular weight is 256 g/mol. The molecule has 5 nitrogen and oxygen atoms in total. The van der Waals surface area contributed by atoms with E-state index in [1.807, 2.05) is 12.1 Å². The molecule has 19 heavy (non-hydrogen) atoms. The number of carbonyl (C=O) groups excluding carboxylic acids is 1. The molecule has 1 atom stereocenters. The first-order valence-electron chi connectivity index (χ1n) is 5.83. The molecule has 1 aliphatic heterocycles. The van der Waals surface area contributed by atoms with Gasteiger partial charge in [-0.3, -0.25) is 4.79 Å². The van der Waals surface area contributed by atoms with E-state index in [1.165, 1.54) is 12.1 Å². The molecule has 0 radical (unpaired) electrons. The van der Waals surface area contributed by atoms with E-state index in [0.717, 1.165) is 5.69 Å². The Balaban J connectivity index is 1.96. The normalized spacial score (nSPS) is 17.3. The van der Waals surface area contributed by atoms with Crippen molar-refractivity contribution >= 4 is 11.6 Å². The molecule has 1 heterocycles. The smallest absolute Gasteiger partial charge is 0.255 e. The summed E-state index contributed by atoms with van der Waals surface area (Å²) in [6.07, 6.45) is -0.436. The first-order valence-corrected chi connectivity index (χ1v) is 5.83. The minimum absolute atomic E-state index is 0.174. The van der Waals surface area contributed by atoms with Crippen molar-refractivity contribution < 1.29 is 15.0 Å². The van der Waals surface area contributed by atoms with Crippen LogP contribution < -0.4 is 10.6 Å². The molecule has 0 aliphatic carbocycles. The monoisotopic (exact) mass is 256 g/mol. The summed E-state index contributed by atoms with van der Waals surface area (Å²) in [5, 5.41) is 24.8. The lowest BCUT2D eigenvalue weighted by atomic mass is 10.1. The number of rotatable bonds is 1. The maximum Gasteiger partial charge on any atom is 0.255 e. The van der Waals surface area contributed by atoms with Crippen molar-refractivity contribution in [3.05, 3.63) is 53.6 Å².